The SMILES string of the molecule is CC(CCN1CCOCC1)NC(=O)CC1(O)CCCCC1. The standard InChI is InChI=1S/C16H30N2O3/c1-14(5-8-18-9-11-21-12-10-18)17-15(19)13-16(20)6-3-2-4-7-16/h14,20H,2-13H2,1H3,(H,17,19). The Balaban J connectivity index is 1.64. The van der Waals surface area contributed by atoms with E-state index in [9.17, 15) is 9.90 Å². The first-order valence-electron chi connectivity index (χ1n) is 8.39. The van der Waals surface area contributed by atoms with Crippen molar-refractivity contribution in [1.29, 1.82) is 0 Å². The van der Waals surface area contributed by atoms with Crippen LogP contribution in [0.25, 0.3) is 0 Å². The topological polar surface area (TPSA) is 61.8 Å². The summed E-state index contributed by atoms with van der Waals surface area (Å²) in [5, 5.41) is 13.4. The van der Waals surface area contributed by atoms with E-state index in [1.807, 2.05) is 6.92 Å². The molecular weight excluding hydrogens is 268 g/mol. The van der Waals surface area contributed by atoms with Gasteiger partial charge in [-0.05, 0) is 26.2 Å². The fourth-order valence-corrected chi connectivity index (χ4v) is 3.28. The highest BCUT2D eigenvalue weighted by Gasteiger charge is 2.31. The number of ether oxygens (including phenoxy) is 1. The molecule has 0 spiro atoms. The third kappa shape index (κ3) is 5.93. The van der Waals surface area contributed by atoms with Crippen molar-refractivity contribution in [3.63, 3.8) is 0 Å². The van der Waals surface area contributed by atoms with Crippen LogP contribution in [0.1, 0.15) is 51.9 Å². The van der Waals surface area contributed by atoms with E-state index in [-0.39, 0.29) is 18.4 Å². The molecule has 1 amide bonds. The number of nitrogens with one attached hydrogen (secondary N) is 1. The summed E-state index contributed by atoms with van der Waals surface area (Å²) in [7, 11) is 0. The molecule has 2 rings (SSSR count). The molecule has 1 saturated carbocycles. The van der Waals surface area contributed by atoms with Gasteiger partial charge in [-0.2, -0.15) is 0 Å². The highest BCUT2D eigenvalue weighted by atomic mass is 16.5. The molecule has 2 fully saturated rings. The van der Waals surface area contributed by atoms with Crippen LogP contribution in [-0.4, -0.2) is 60.4 Å². The van der Waals surface area contributed by atoms with Crippen molar-refractivity contribution in [2.45, 2.75) is 63.5 Å². The third-order valence-corrected chi connectivity index (χ3v) is 4.66. The molecule has 2 N–H and O–H groups in total. The fraction of sp³-hybridized carbons (Fsp3) is 0.938. The number of carbonyl (C=O) groups is 1. The molecule has 1 unspecified atom stereocenters. The predicted octanol–water partition coefficient (Wildman–Crippen LogP) is 1.30. The summed E-state index contributed by atoms with van der Waals surface area (Å²) in [5.74, 6) is -0.00567. The van der Waals surface area contributed by atoms with Crippen LogP contribution in [0.5, 0.6) is 0 Å². The van der Waals surface area contributed by atoms with Crippen LogP contribution < -0.4 is 5.32 Å². The predicted molar refractivity (Wildman–Crippen MR) is 82.1 cm³/mol. The fourth-order valence-electron chi connectivity index (χ4n) is 3.28. The second kappa shape index (κ2) is 8.11. The smallest absolute Gasteiger partial charge is 0.223 e. The average molecular weight is 298 g/mol. The lowest BCUT2D eigenvalue weighted by Gasteiger charge is -2.32. The van der Waals surface area contributed by atoms with Gasteiger partial charge in [-0.3, -0.25) is 9.69 Å². The van der Waals surface area contributed by atoms with Crippen LogP contribution in [0.3, 0.4) is 0 Å². The van der Waals surface area contributed by atoms with Crippen LogP contribution in [0.2, 0.25) is 0 Å². The lowest BCUT2D eigenvalue weighted by molar-refractivity contribution is -0.128. The summed E-state index contributed by atoms with van der Waals surface area (Å²) in [6.07, 6.45) is 6.00. The zero-order valence-corrected chi connectivity index (χ0v) is 13.3. The monoisotopic (exact) mass is 298 g/mol. The lowest BCUT2D eigenvalue weighted by Crippen LogP contribution is -2.43. The summed E-state index contributed by atoms with van der Waals surface area (Å²) in [6, 6.07) is 0.160. The van der Waals surface area contributed by atoms with Gasteiger partial charge in [-0.25, -0.2) is 0 Å². The second-order valence-electron chi connectivity index (χ2n) is 6.67. The maximum absolute atomic E-state index is 12.1. The summed E-state index contributed by atoms with van der Waals surface area (Å²) in [6.45, 7) is 6.64. The molecular formula is C16H30N2O3. The normalized spacial score (nSPS) is 24.5. The summed E-state index contributed by atoms with van der Waals surface area (Å²) < 4.78 is 5.33. The maximum Gasteiger partial charge on any atom is 0.223 e. The van der Waals surface area contributed by atoms with Gasteiger partial charge in [0.15, 0.2) is 0 Å². The maximum atomic E-state index is 12.1. The van der Waals surface area contributed by atoms with E-state index in [1.165, 1.54) is 6.42 Å². The summed E-state index contributed by atoms with van der Waals surface area (Å²) in [5.41, 5.74) is -0.758. The Kier molecular flexibility index (Phi) is 6.45. The minimum absolute atomic E-state index is 0.00567. The molecule has 0 aromatic heterocycles. The molecule has 122 valence electrons. The first-order chi connectivity index (χ1) is 10.1. The second-order valence-corrected chi connectivity index (χ2v) is 6.67. The van der Waals surface area contributed by atoms with Crippen molar-refractivity contribution in [3.05, 3.63) is 0 Å². The van der Waals surface area contributed by atoms with Gasteiger partial charge in [0.1, 0.15) is 0 Å². The van der Waals surface area contributed by atoms with E-state index in [1.54, 1.807) is 0 Å². The van der Waals surface area contributed by atoms with Crippen LogP contribution >= 0.6 is 0 Å². The Hall–Kier alpha value is -0.650. The summed E-state index contributed by atoms with van der Waals surface area (Å²) in [4.78, 5) is 14.4. The highest BCUT2D eigenvalue weighted by molar-refractivity contribution is 5.77. The number of carbonyl (C=O) groups excluding carboxylic acids is 1. The Morgan fingerprint density at radius 2 is 1.95 bits per heavy atom. The Bertz CT molecular complexity index is 323. The van der Waals surface area contributed by atoms with Gasteiger partial charge < -0.3 is 15.2 Å². The molecule has 1 atom stereocenters. The largest absolute Gasteiger partial charge is 0.389 e. The Morgan fingerprint density at radius 1 is 1.29 bits per heavy atom. The zero-order valence-electron chi connectivity index (χ0n) is 13.3. The first kappa shape index (κ1) is 16.7. The van der Waals surface area contributed by atoms with E-state index in [2.05, 4.69) is 10.2 Å². The number of hydrogen-bond donors (Lipinski definition) is 2. The van der Waals surface area contributed by atoms with Gasteiger partial charge in [0.05, 0.1) is 25.2 Å². The van der Waals surface area contributed by atoms with E-state index in [0.29, 0.717) is 0 Å². The number of nitrogens with zero attached hydrogens (tertiary/aromatic N) is 1. The minimum atomic E-state index is -0.758. The molecule has 21 heavy (non-hydrogen) atoms. The van der Waals surface area contributed by atoms with E-state index in [4.69, 9.17) is 4.74 Å². The molecule has 1 heterocycles. The van der Waals surface area contributed by atoms with Crippen LogP contribution in [0.4, 0.5) is 0 Å². The van der Waals surface area contributed by atoms with Gasteiger partial charge in [0.25, 0.3) is 0 Å². The average Bonchev–Trinajstić information content (AvgIpc) is 2.46. The van der Waals surface area contributed by atoms with Crippen molar-refractivity contribution >= 4 is 5.91 Å². The molecule has 5 nitrogen and oxygen atoms in total. The molecule has 0 aromatic rings. The third-order valence-electron chi connectivity index (χ3n) is 4.66. The van der Waals surface area contributed by atoms with Gasteiger partial charge in [-0.1, -0.05) is 19.3 Å². The number of rotatable bonds is 6. The van der Waals surface area contributed by atoms with Crippen molar-refractivity contribution in [2.75, 3.05) is 32.8 Å². The Morgan fingerprint density at radius 3 is 2.62 bits per heavy atom. The molecule has 5 heteroatoms. The molecule has 0 radical (unpaired) electrons. The number of morpholine rings is 1. The van der Waals surface area contributed by atoms with Crippen molar-refractivity contribution in [1.82, 2.24) is 10.2 Å². The van der Waals surface area contributed by atoms with Crippen molar-refractivity contribution < 1.29 is 14.6 Å². The quantitative estimate of drug-likeness (QED) is 0.776. The zero-order chi connectivity index (χ0) is 15.1. The van der Waals surface area contributed by atoms with E-state index >= 15 is 0 Å². The van der Waals surface area contributed by atoms with Crippen molar-refractivity contribution in [3.8, 4) is 0 Å². The molecule has 0 bridgehead atoms. The summed E-state index contributed by atoms with van der Waals surface area (Å²) >= 11 is 0. The molecule has 2 aliphatic rings. The van der Waals surface area contributed by atoms with Crippen LogP contribution in [0, 0.1) is 0 Å². The van der Waals surface area contributed by atoms with Gasteiger partial charge in [0.2, 0.25) is 5.91 Å². The lowest BCUT2D eigenvalue weighted by atomic mass is 9.82. The van der Waals surface area contributed by atoms with E-state index in [0.717, 1.165) is 65.0 Å². The van der Waals surface area contributed by atoms with Gasteiger partial charge in [0, 0.05) is 25.7 Å². The highest BCUT2D eigenvalue weighted by Crippen LogP contribution is 2.30. The van der Waals surface area contributed by atoms with Crippen LogP contribution in [0.15, 0.2) is 0 Å². The number of aliphatic hydroxyl groups is 1. The van der Waals surface area contributed by atoms with Crippen molar-refractivity contribution in [2.24, 2.45) is 0 Å². The van der Waals surface area contributed by atoms with Gasteiger partial charge in [-0.15, -0.1) is 0 Å². The first-order valence-corrected chi connectivity index (χ1v) is 8.39. The van der Waals surface area contributed by atoms with E-state index < -0.39 is 5.60 Å². The molecule has 1 aliphatic carbocycles. The van der Waals surface area contributed by atoms with Crippen LogP contribution in [-0.2, 0) is 9.53 Å². The van der Waals surface area contributed by atoms with Gasteiger partial charge >= 0.3 is 0 Å². The minimum Gasteiger partial charge on any atom is -0.389 e. The molecule has 0 aromatic carbocycles. The Labute approximate surface area is 128 Å². The number of hydrogen-bond acceptors (Lipinski definition) is 4. The number of amides is 1. The molecule has 1 saturated heterocycles. The molecule has 1 aliphatic heterocycles.